The summed E-state index contributed by atoms with van der Waals surface area (Å²) in [6.45, 7) is 7.92. The number of carbonyl (C=O) groups is 2. The number of ketones is 1. The van der Waals surface area contributed by atoms with Crippen molar-refractivity contribution in [3.8, 4) is 5.75 Å². The monoisotopic (exact) mass is 338 g/mol. The van der Waals surface area contributed by atoms with Gasteiger partial charge in [0.05, 0.1) is 5.56 Å². The molecule has 1 N–H and O–H groups in total. The van der Waals surface area contributed by atoms with Gasteiger partial charge in [0.15, 0.2) is 5.78 Å². The van der Waals surface area contributed by atoms with Crippen molar-refractivity contribution in [1.29, 1.82) is 0 Å². The minimum Gasteiger partial charge on any atom is -0.507 e. The number of aldehydes is 1. The van der Waals surface area contributed by atoms with E-state index in [-0.39, 0.29) is 11.5 Å². The van der Waals surface area contributed by atoms with Gasteiger partial charge in [-0.2, -0.15) is 0 Å². The lowest BCUT2D eigenvalue weighted by atomic mass is 10.0. The van der Waals surface area contributed by atoms with Crippen molar-refractivity contribution in [3.05, 3.63) is 70.8 Å². The summed E-state index contributed by atoms with van der Waals surface area (Å²) in [7, 11) is 0. The molecule has 0 bridgehead atoms. The summed E-state index contributed by atoms with van der Waals surface area (Å²) < 4.78 is 0. The SMILES string of the molecule is CC(C)c1ccc(C=O)cc1.CC=Cc1cccc(C(=O)CC)c1O. The Morgan fingerprint density at radius 2 is 1.76 bits per heavy atom. The van der Waals surface area contributed by atoms with Crippen molar-refractivity contribution in [3.63, 3.8) is 0 Å². The van der Waals surface area contributed by atoms with E-state index in [1.54, 1.807) is 31.2 Å². The van der Waals surface area contributed by atoms with Crippen LogP contribution >= 0.6 is 0 Å². The number of benzene rings is 2. The average Bonchev–Trinajstić information content (AvgIpc) is 2.63. The molecule has 0 aromatic heterocycles. The molecule has 0 radical (unpaired) electrons. The lowest BCUT2D eigenvalue weighted by Gasteiger charge is -2.04. The van der Waals surface area contributed by atoms with Crippen molar-refractivity contribution in [2.75, 3.05) is 0 Å². The van der Waals surface area contributed by atoms with Crippen LogP contribution in [0, 0.1) is 0 Å². The molecule has 25 heavy (non-hydrogen) atoms. The summed E-state index contributed by atoms with van der Waals surface area (Å²) in [5, 5.41) is 9.75. The molecule has 0 amide bonds. The molecule has 0 atom stereocenters. The van der Waals surface area contributed by atoms with E-state index in [0.717, 1.165) is 11.8 Å². The van der Waals surface area contributed by atoms with Crippen LogP contribution in [0.4, 0.5) is 0 Å². The first-order valence-electron chi connectivity index (χ1n) is 8.47. The third-order valence-electron chi connectivity index (χ3n) is 3.77. The molecular weight excluding hydrogens is 312 g/mol. The minimum atomic E-state index is -0.0335. The van der Waals surface area contributed by atoms with Crippen LogP contribution in [-0.4, -0.2) is 17.2 Å². The molecule has 2 aromatic carbocycles. The zero-order chi connectivity index (χ0) is 18.8. The Bertz CT molecular complexity index is 725. The topological polar surface area (TPSA) is 54.4 Å². The third kappa shape index (κ3) is 6.03. The predicted octanol–water partition coefficient (Wildman–Crippen LogP) is 5.64. The second-order valence-corrected chi connectivity index (χ2v) is 5.96. The zero-order valence-corrected chi connectivity index (χ0v) is 15.3. The molecule has 0 aliphatic heterocycles. The van der Waals surface area contributed by atoms with E-state index < -0.39 is 0 Å². The van der Waals surface area contributed by atoms with E-state index in [1.165, 1.54) is 5.56 Å². The Kier molecular flexibility index (Phi) is 8.34. The van der Waals surface area contributed by atoms with Crippen LogP contribution in [0.5, 0.6) is 5.75 Å². The summed E-state index contributed by atoms with van der Waals surface area (Å²) in [5.41, 5.74) is 3.11. The molecule has 0 spiro atoms. The van der Waals surface area contributed by atoms with Crippen molar-refractivity contribution in [1.82, 2.24) is 0 Å². The van der Waals surface area contributed by atoms with Gasteiger partial charge >= 0.3 is 0 Å². The number of carbonyl (C=O) groups excluding carboxylic acids is 2. The van der Waals surface area contributed by atoms with Gasteiger partial charge in [0.25, 0.3) is 0 Å². The molecule has 132 valence electrons. The van der Waals surface area contributed by atoms with Crippen molar-refractivity contribution in [2.24, 2.45) is 0 Å². The highest BCUT2D eigenvalue weighted by atomic mass is 16.3. The maximum absolute atomic E-state index is 11.4. The normalized spacial score (nSPS) is 10.4. The quantitative estimate of drug-likeness (QED) is 0.567. The van der Waals surface area contributed by atoms with E-state index >= 15 is 0 Å². The maximum atomic E-state index is 11.4. The van der Waals surface area contributed by atoms with Gasteiger partial charge in [0, 0.05) is 17.5 Å². The molecule has 0 aliphatic rings. The van der Waals surface area contributed by atoms with E-state index in [4.69, 9.17) is 0 Å². The highest BCUT2D eigenvalue weighted by Gasteiger charge is 2.10. The Morgan fingerprint density at radius 3 is 2.24 bits per heavy atom. The van der Waals surface area contributed by atoms with Crippen molar-refractivity contribution in [2.45, 2.75) is 40.0 Å². The van der Waals surface area contributed by atoms with E-state index in [2.05, 4.69) is 13.8 Å². The van der Waals surface area contributed by atoms with Crippen LogP contribution in [0.2, 0.25) is 0 Å². The summed E-state index contributed by atoms with van der Waals surface area (Å²) in [6.07, 6.45) is 4.88. The van der Waals surface area contributed by atoms with Crippen LogP contribution in [0.15, 0.2) is 48.5 Å². The Hall–Kier alpha value is -2.68. The maximum Gasteiger partial charge on any atom is 0.166 e. The Balaban J connectivity index is 0.000000257. The molecular formula is C22H26O3. The second-order valence-electron chi connectivity index (χ2n) is 5.96. The molecule has 0 heterocycles. The number of Topliss-reactive ketones (excluding diaryl/α,β-unsaturated/α-hetero) is 1. The van der Waals surface area contributed by atoms with Gasteiger partial charge in [0.1, 0.15) is 12.0 Å². The van der Waals surface area contributed by atoms with E-state index in [1.807, 2.05) is 37.3 Å². The molecule has 0 aliphatic carbocycles. The van der Waals surface area contributed by atoms with Crippen molar-refractivity contribution < 1.29 is 14.7 Å². The third-order valence-corrected chi connectivity index (χ3v) is 3.77. The summed E-state index contributed by atoms with van der Waals surface area (Å²) >= 11 is 0. The van der Waals surface area contributed by atoms with Crippen molar-refractivity contribution >= 4 is 18.1 Å². The van der Waals surface area contributed by atoms with Gasteiger partial charge in [-0.1, -0.05) is 69.3 Å². The molecule has 0 unspecified atom stereocenters. The smallest absolute Gasteiger partial charge is 0.166 e. The van der Waals surface area contributed by atoms with Crippen LogP contribution in [0.25, 0.3) is 6.08 Å². The van der Waals surface area contributed by atoms with Crippen LogP contribution < -0.4 is 0 Å². The van der Waals surface area contributed by atoms with Gasteiger partial charge < -0.3 is 5.11 Å². The van der Waals surface area contributed by atoms with E-state index in [0.29, 0.717) is 23.5 Å². The fourth-order valence-electron chi connectivity index (χ4n) is 2.25. The Morgan fingerprint density at radius 1 is 1.12 bits per heavy atom. The average molecular weight is 338 g/mol. The van der Waals surface area contributed by atoms with Crippen LogP contribution in [0.3, 0.4) is 0 Å². The summed E-state index contributed by atoms with van der Waals surface area (Å²) in [5.74, 6) is 0.585. The van der Waals surface area contributed by atoms with Crippen LogP contribution in [-0.2, 0) is 0 Å². The summed E-state index contributed by atoms with van der Waals surface area (Å²) in [4.78, 5) is 21.7. The number of phenolic OH excluding ortho intramolecular Hbond substituents is 1. The van der Waals surface area contributed by atoms with Gasteiger partial charge in [-0.25, -0.2) is 0 Å². The molecule has 0 fully saturated rings. The van der Waals surface area contributed by atoms with Gasteiger partial charge in [-0.05, 0) is 24.5 Å². The molecule has 3 heteroatoms. The van der Waals surface area contributed by atoms with Gasteiger partial charge in [-0.3, -0.25) is 9.59 Å². The summed E-state index contributed by atoms with van der Waals surface area (Å²) in [6, 6.07) is 12.9. The molecule has 3 nitrogen and oxygen atoms in total. The number of phenols is 1. The first kappa shape index (κ1) is 20.4. The fraction of sp³-hybridized carbons (Fsp3) is 0.273. The predicted molar refractivity (Wildman–Crippen MR) is 103 cm³/mol. The molecule has 0 saturated carbocycles. The number of hydrogen-bond donors (Lipinski definition) is 1. The lowest BCUT2D eigenvalue weighted by Crippen LogP contribution is -1.97. The largest absolute Gasteiger partial charge is 0.507 e. The lowest BCUT2D eigenvalue weighted by molar-refractivity contribution is 0.0985. The van der Waals surface area contributed by atoms with E-state index in [9.17, 15) is 14.7 Å². The number of allylic oxidation sites excluding steroid dienone is 1. The van der Waals surface area contributed by atoms with Gasteiger partial charge in [0.2, 0.25) is 0 Å². The fourth-order valence-corrected chi connectivity index (χ4v) is 2.25. The highest BCUT2D eigenvalue weighted by Crippen LogP contribution is 2.24. The molecule has 2 aromatic rings. The highest BCUT2D eigenvalue weighted by molar-refractivity contribution is 5.99. The number of hydrogen-bond acceptors (Lipinski definition) is 3. The second kappa shape index (κ2) is 10.2. The number of para-hydroxylation sites is 1. The first-order chi connectivity index (χ1) is 11.9. The first-order valence-corrected chi connectivity index (χ1v) is 8.47. The zero-order valence-electron chi connectivity index (χ0n) is 15.3. The Labute approximate surface area is 150 Å². The molecule has 2 rings (SSSR count). The number of aromatic hydroxyl groups is 1. The van der Waals surface area contributed by atoms with Gasteiger partial charge in [-0.15, -0.1) is 0 Å². The van der Waals surface area contributed by atoms with Crippen LogP contribution in [0.1, 0.15) is 71.9 Å². The minimum absolute atomic E-state index is 0.0335. The number of rotatable bonds is 5. The standard InChI is InChI=1S/C12H14O2.C10H12O/c1-3-6-9-7-5-8-10(12(9)14)11(13)4-2;1-8(2)10-5-3-9(7-11)4-6-10/h3,5-8,14H,4H2,1-2H3;3-8H,1-2H3. The molecule has 0 saturated heterocycles.